The van der Waals surface area contributed by atoms with Crippen LogP contribution in [0.15, 0.2) is 36.5 Å². The monoisotopic (exact) mass is 307 g/mol. The number of rotatable bonds is 7. The Labute approximate surface area is 123 Å². The Hall–Kier alpha value is -2.02. The highest BCUT2D eigenvalue weighted by atomic mass is 32.2. The van der Waals surface area contributed by atoms with Crippen molar-refractivity contribution in [1.82, 2.24) is 15.0 Å². The largest absolute Gasteiger partial charge is 0.292 e. The van der Waals surface area contributed by atoms with Crippen LogP contribution >= 0.6 is 0 Å². The fourth-order valence-corrected chi connectivity index (χ4v) is 2.67. The van der Waals surface area contributed by atoms with E-state index in [1.807, 2.05) is 30.3 Å². The molecule has 0 fully saturated rings. The lowest BCUT2D eigenvalue weighted by molar-refractivity contribution is 0.0977. The highest BCUT2D eigenvalue weighted by Gasteiger charge is 2.13. The van der Waals surface area contributed by atoms with Crippen molar-refractivity contribution in [3.8, 4) is 5.69 Å². The minimum atomic E-state index is -3.03. The Kier molecular flexibility index (Phi) is 4.85. The summed E-state index contributed by atoms with van der Waals surface area (Å²) in [6.45, 7) is 1.60. The average Bonchev–Trinajstić information content (AvgIpc) is 2.98. The second kappa shape index (κ2) is 6.62. The van der Waals surface area contributed by atoms with Crippen LogP contribution in [0.2, 0.25) is 0 Å². The van der Waals surface area contributed by atoms with E-state index in [-0.39, 0.29) is 29.4 Å². The van der Waals surface area contributed by atoms with Crippen molar-refractivity contribution in [2.24, 2.45) is 0 Å². The van der Waals surface area contributed by atoms with Gasteiger partial charge in [-0.15, -0.1) is 5.10 Å². The Morgan fingerprint density at radius 1 is 1.24 bits per heavy atom. The van der Waals surface area contributed by atoms with Gasteiger partial charge in [0.1, 0.15) is 15.5 Å². The lowest BCUT2D eigenvalue weighted by Gasteiger charge is -2.00. The molecule has 0 saturated carbocycles. The van der Waals surface area contributed by atoms with E-state index in [1.165, 1.54) is 11.0 Å². The molecule has 21 heavy (non-hydrogen) atoms. The fraction of sp³-hybridized carbons (Fsp3) is 0.357. The van der Waals surface area contributed by atoms with Gasteiger partial charge < -0.3 is 0 Å². The summed E-state index contributed by atoms with van der Waals surface area (Å²) in [6.07, 6.45) is 1.88. The molecule has 2 rings (SSSR count). The van der Waals surface area contributed by atoms with Crippen molar-refractivity contribution in [1.29, 1.82) is 0 Å². The minimum Gasteiger partial charge on any atom is -0.292 e. The summed E-state index contributed by atoms with van der Waals surface area (Å²) in [6, 6.07) is 9.27. The van der Waals surface area contributed by atoms with Crippen LogP contribution in [0.4, 0.5) is 0 Å². The van der Waals surface area contributed by atoms with E-state index in [0.717, 1.165) is 5.69 Å². The molecule has 112 valence electrons. The van der Waals surface area contributed by atoms with Gasteiger partial charge >= 0.3 is 0 Å². The van der Waals surface area contributed by atoms with Crippen molar-refractivity contribution in [3.63, 3.8) is 0 Å². The molecule has 0 amide bonds. The first kappa shape index (κ1) is 15.4. The molecule has 0 aliphatic rings. The molecule has 0 radical (unpaired) electrons. The SMILES string of the molecule is CCS(=O)(=O)CCCC(=O)c1cnn(-c2ccccc2)n1. The lowest BCUT2D eigenvalue weighted by atomic mass is 10.2. The number of carbonyl (C=O) groups excluding carboxylic acids is 1. The quantitative estimate of drug-likeness (QED) is 0.727. The molecule has 0 bridgehead atoms. The van der Waals surface area contributed by atoms with Gasteiger partial charge in [-0.25, -0.2) is 8.42 Å². The number of benzene rings is 1. The van der Waals surface area contributed by atoms with E-state index >= 15 is 0 Å². The first-order valence-corrected chi connectivity index (χ1v) is 8.55. The van der Waals surface area contributed by atoms with Crippen LogP contribution in [-0.4, -0.2) is 40.7 Å². The normalized spacial score (nSPS) is 11.5. The predicted molar refractivity (Wildman–Crippen MR) is 79.3 cm³/mol. The predicted octanol–water partition coefficient (Wildman–Crippen LogP) is 1.66. The summed E-state index contributed by atoms with van der Waals surface area (Å²) in [5.41, 5.74) is 1.03. The highest BCUT2D eigenvalue weighted by Crippen LogP contribution is 2.07. The molecular formula is C14H17N3O3S. The van der Waals surface area contributed by atoms with Crippen LogP contribution in [-0.2, 0) is 9.84 Å². The molecule has 0 saturated heterocycles. The van der Waals surface area contributed by atoms with Crippen LogP contribution in [0, 0.1) is 0 Å². The molecule has 7 heteroatoms. The minimum absolute atomic E-state index is 0.0298. The Morgan fingerprint density at radius 3 is 2.62 bits per heavy atom. The Bertz CT molecular complexity index is 708. The number of aromatic nitrogens is 3. The number of para-hydroxylation sites is 1. The molecule has 0 N–H and O–H groups in total. The summed E-state index contributed by atoms with van der Waals surface area (Å²) >= 11 is 0. The number of hydrogen-bond donors (Lipinski definition) is 0. The van der Waals surface area contributed by atoms with Crippen LogP contribution in [0.1, 0.15) is 30.3 Å². The molecule has 0 atom stereocenters. The van der Waals surface area contributed by atoms with Crippen LogP contribution < -0.4 is 0 Å². The number of hydrogen-bond acceptors (Lipinski definition) is 5. The number of sulfone groups is 1. The number of carbonyl (C=O) groups is 1. The summed E-state index contributed by atoms with van der Waals surface area (Å²) < 4.78 is 22.7. The zero-order chi connectivity index (χ0) is 15.3. The Balaban J connectivity index is 1.97. The molecule has 1 aromatic carbocycles. The van der Waals surface area contributed by atoms with Crippen LogP contribution in [0.25, 0.3) is 5.69 Å². The Morgan fingerprint density at radius 2 is 1.95 bits per heavy atom. The molecule has 0 aliphatic heterocycles. The van der Waals surface area contributed by atoms with E-state index in [9.17, 15) is 13.2 Å². The lowest BCUT2D eigenvalue weighted by Crippen LogP contribution is -2.11. The number of Topliss-reactive ketones (excluding diaryl/α,β-unsaturated/α-hetero) is 1. The first-order valence-electron chi connectivity index (χ1n) is 6.73. The van der Waals surface area contributed by atoms with E-state index in [0.29, 0.717) is 6.42 Å². The van der Waals surface area contributed by atoms with Gasteiger partial charge in [-0.05, 0) is 18.6 Å². The molecule has 1 aromatic heterocycles. The third-order valence-electron chi connectivity index (χ3n) is 3.06. The third kappa shape index (κ3) is 4.22. The number of nitrogens with zero attached hydrogens (tertiary/aromatic N) is 3. The van der Waals surface area contributed by atoms with Gasteiger partial charge in [-0.2, -0.15) is 9.90 Å². The van der Waals surface area contributed by atoms with E-state index in [4.69, 9.17) is 0 Å². The molecule has 0 aliphatic carbocycles. The van der Waals surface area contributed by atoms with Crippen molar-refractivity contribution < 1.29 is 13.2 Å². The molecule has 2 aromatic rings. The molecule has 0 unspecified atom stereocenters. The second-order valence-corrected chi connectivity index (χ2v) is 7.09. The van der Waals surface area contributed by atoms with Crippen molar-refractivity contribution >= 4 is 15.6 Å². The van der Waals surface area contributed by atoms with Gasteiger partial charge in [0.05, 0.1) is 17.6 Å². The van der Waals surface area contributed by atoms with Crippen molar-refractivity contribution in [2.45, 2.75) is 19.8 Å². The zero-order valence-electron chi connectivity index (χ0n) is 11.8. The summed E-state index contributed by atoms with van der Waals surface area (Å²) in [7, 11) is -3.03. The van der Waals surface area contributed by atoms with Crippen LogP contribution in [0.5, 0.6) is 0 Å². The van der Waals surface area contributed by atoms with Gasteiger partial charge in [0.15, 0.2) is 5.78 Å². The van der Waals surface area contributed by atoms with E-state index in [2.05, 4.69) is 10.2 Å². The maximum atomic E-state index is 12.0. The van der Waals surface area contributed by atoms with Crippen LogP contribution in [0.3, 0.4) is 0 Å². The van der Waals surface area contributed by atoms with Crippen molar-refractivity contribution in [3.05, 3.63) is 42.2 Å². The summed E-state index contributed by atoms with van der Waals surface area (Å²) in [5, 5.41) is 8.17. The van der Waals surface area contributed by atoms with Gasteiger partial charge in [-0.1, -0.05) is 25.1 Å². The highest BCUT2D eigenvalue weighted by molar-refractivity contribution is 7.91. The standard InChI is InChI=1S/C14H17N3O3S/c1-2-21(19,20)10-6-9-14(18)13-11-15-17(16-13)12-7-4-3-5-8-12/h3-5,7-8,11H,2,6,9-10H2,1H3. The maximum absolute atomic E-state index is 12.0. The molecule has 6 nitrogen and oxygen atoms in total. The van der Waals surface area contributed by atoms with E-state index < -0.39 is 9.84 Å². The van der Waals surface area contributed by atoms with Crippen molar-refractivity contribution in [2.75, 3.05) is 11.5 Å². The average molecular weight is 307 g/mol. The molecule has 0 spiro atoms. The summed E-state index contributed by atoms with van der Waals surface area (Å²) in [4.78, 5) is 13.3. The topological polar surface area (TPSA) is 81.9 Å². The number of ketones is 1. The second-order valence-electron chi connectivity index (χ2n) is 4.62. The van der Waals surface area contributed by atoms with E-state index in [1.54, 1.807) is 6.92 Å². The smallest absolute Gasteiger partial charge is 0.184 e. The zero-order valence-corrected chi connectivity index (χ0v) is 12.6. The van der Waals surface area contributed by atoms with Gasteiger partial charge in [-0.3, -0.25) is 4.79 Å². The summed E-state index contributed by atoms with van der Waals surface area (Å²) in [5.74, 6) is -0.0588. The maximum Gasteiger partial charge on any atom is 0.184 e. The van der Waals surface area contributed by atoms with Gasteiger partial charge in [0.2, 0.25) is 0 Å². The van der Waals surface area contributed by atoms with Gasteiger partial charge in [0.25, 0.3) is 0 Å². The van der Waals surface area contributed by atoms with Gasteiger partial charge in [0, 0.05) is 12.2 Å². The molecule has 1 heterocycles. The fourth-order valence-electron chi connectivity index (χ4n) is 1.80. The first-order chi connectivity index (χ1) is 10.0. The molecular weight excluding hydrogens is 290 g/mol. The third-order valence-corrected chi connectivity index (χ3v) is 4.85.